The van der Waals surface area contributed by atoms with Crippen LogP contribution in [0.3, 0.4) is 0 Å². The summed E-state index contributed by atoms with van der Waals surface area (Å²) >= 11 is 0. The van der Waals surface area contributed by atoms with E-state index in [0.717, 1.165) is 32.1 Å². The molecule has 1 fully saturated rings. The summed E-state index contributed by atoms with van der Waals surface area (Å²) in [4.78, 5) is 24.6. The number of carboxylic acids is 1. The van der Waals surface area contributed by atoms with Gasteiger partial charge in [-0.15, -0.1) is 5.92 Å². The maximum atomic E-state index is 12.2. The van der Waals surface area contributed by atoms with Crippen LogP contribution < -0.4 is 0 Å². The SMILES string of the molecule is C[C@@H](CC#CCc1ccccc1)[C@H](O)/C=C/[C@H]1CCC(=O)N1CCCCCCC(=O)O. The number of hydrogen-bond donors (Lipinski definition) is 2. The molecule has 0 spiro atoms. The number of aliphatic hydroxyl groups is 1. The van der Waals surface area contributed by atoms with Crippen LogP contribution in [0.1, 0.15) is 63.9 Å². The number of carbonyl (C=O) groups is 2. The number of unbranched alkanes of at least 4 members (excludes halogenated alkanes) is 3. The third-order valence-corrected chi connectivity index (χ3v) is 5.71. The Labute approximate surface area is 186 Å². The molecule has 5 nitrogen and oxygen atoms in total. The molecule has 0 unspecified atom stereocenters. The smallest absolute Gasteiger partial charge is 0.303 e. The molecule has 1 heterocycles. The minimum absolute atomic E-state index is 0.0271. The van der Waals surface area contributed by atoms with E-state index in [0.29, 0.717) is 25.8 Å². The van der Waals surface area contributed by atoms with E-state index >= 15 is 0 Å². The largest absolute Gasteiger partial charge is 0.481 e. The second kappa shape index (κ2) is 13.7. The Balaban J connectivity index is 1.73. The molecule has 2 N–H and O–H groups in total. The van der Waals surface area contributed by atoms with Crippen molar-refractivity contribution in [3.8, 4) is 11.8 Å². The Morgan fingerprint density at radius 1 is 1.19 bits per heavy atom. The van der Waals surface area contributed by atoms with Gasteiger partial charge in [0, 0.05) is 32.2 Å². The zero-order valence-electron chi connectivity index (χ0n) is 18.5. The third-order valence-electron chi connectivity index (χ3n) is 5.71. The van der Waals surface area contributed by atoms with Crippen molar-refractivity contribution in [1.29, 1.82) is 0 Å². The third kappa shape index (κ3) is 9.40. The summed E-state index contributed by atoms with van der Waals surface area (Å²) in [5, 5.41) is 19.1. The van der Waals surface area contributed by atoms with Crippen LogP contribution in [0.25, 0.3) is 0 Å². The zero-order valence-corrected chi connectivity index (χ0v) is 18.5. The number of aliphatic hydroxyl groups excluding tert-OH is 1. The van der Waals surface area contributed by atoms with Crippen molar-refractivity contribution < 1.29 is 19.8 Å². The maximum absolute atomic E-state index is 12.2. The second-order valence-corrected chi connectivity index (χ2v) is 8.32. The van der Waals surface area contributed by atoms with E-state index in [1.807, 2.05) is 42.2 Å². The molecule has 0 aliphatic carbocycles. The van der Waals surface area contributed by atoms with Gasteiger partial charge < -0.3 is 15.1 Å². The van der Waals surface area contributed by atoms with Crippen LogP contribution in [-0.2, 0) is 16.0 Å². The van der Waals surface area contributed by atoms with Gasteiger partial charge >= 0.3 is 5.97 Å². The summed E-state index contributed by atoms with van der Waals surface area (Å²) in [6.07, 6.45) is 9.44. The summed E-state index contributed by atoms with van der Waals surface area (Å²) < 4.78 is 0. The highest BCUT2D eigenvalue weighted by molar-refractivity contribution is 5.79. The highest BCUT2D eigenvalue weighted by Gasteiger charge is 2.28. The molecule has 168 valence electrons. The maximum Gasteiger partial charge on any atom is 0.303 e. The number of hydrogen-bond acceptors (Lipinski definition) is 3. The van der Waals surface area contributed by atoms with Crippen LogP contribution >= 0.6 is 0 Å². The Bertz CT molecular complexity index is 778. The molecule has 5 heteroatoms. The van der Waals surface area contributed by atoms with Crippen molar-refractivity contribution in [1.82, 2.24) is 4.90 Å². The van der Waals surface area contributed by atoms with Crippen LogP contribution in [0.5, 0.6) is 0 Å². The summed E-state index contributed by atoms with van der Waals surface area (Å²) in [6, 6.07) is 10.1. The lowest BCUT2D eigenvalue weighted by molar-refractivity contribution is -0.137. The van der Waals surface area contributed by atoms with E-state index in [4.69, 9.17) is 5.11 Å². The van der Waals surface area contributed by atoms with Crippen LogP contribution in [0, 0.1) is 17.8 Å². The lowest BCUT2D eigenvalue weighted by atomic mass is 9.99. The van der Waals surface area contributed by atoms with E-state index in [-0.39, 0.29) is 24.3 Å². The predicted octanol–water partition coefficient (Wildman–Crippen LogP) is 4.20. The molecule has 3 atom stereocenters. The summed E-state index contributed by atoms with van der Waals surface area (Å²) in [7, 11) is 0. The Morgan fingerprint density at radius 3 is 2.68 bits per heavy atom. The van der Waals surface area contributed by atoms with Crippen LogP contribution in [0.15, 0.2) is 42.5 Å². The van der Waals surface area contributed by atoms with Gasteiger partial charge in [0.2, 0.25) is 5.91 Å². The molecule has 1 aliphatic heterocycles. The number of aliphatic carboxylic acids is 1. The Kier molecular flexibility index (Phi) is 10.9. The average molecular weight is 426 g/mol. The summed E-state index contributed by atoms with van der Waals surface area (Å²) in [5.41, 5.74) is 1.19. The standard InChI is InChI=1S/C26H35NO4/c1-21(11-8-9-14-22-12-5-4-6-13-22)24(28)18-16-23-17-19-25(29)27(23)20-10-3-2-7-15-26(30)31/h4-6,12-13,16,18,21,23-24,28H,2-3,7,10-11,14-15,17,19-20H2,1H3,(H,30,31)/b18-16+/t21-,23-,24+/m0/s1. The molecule has 1 saturated heterocycles. The van der Waals surface area contributed by atoms with Gasteiger partial charge in [0.05, 0.1) is 12.1 Å². The molecule has 31 heavy (non-hydrogen) atoms. The van der Waals surface area contributed by atoms with E-state index in [9.17, 15) is 14.7 Å². The topological polar surface area (TPSA) is 77.8 Å². The van der Waals surface area contributed by atoms with Crippen molar-refractivity contribution in [2.75, 3.05) is 6.54 Å². The summed E-state index contributed by atoms with van der Waals surface area (Å²) in [5.74, 6) is 5.77. The molecule has 1 aromatic rings. The first-order chi connectivity index (χ1) is 15.0. The minimum Gasteiger partial charge on any atom is -0.481 e. The monoisotopic (exact) mass is 425 g/mol. The quantitative estimate of drug-likeness (QED) is 0.299. The molecule has 1 amide bonds. The van der Waals surface area contributed by atoms with E-state index in [1.54, 1.807) is 0 Å². The predicted molar refractivity (Wildman–Crippen MR) is 122 cm³/mol. The fourth-order valence-corrected chi connectivity index (χ4v) is 3.70. The molecule has 0 bridgehead atoms. The highest BCUT2D eigenvalue weighted by atomic mass is 16.4. The van der Waals surface area contributed by atoms with E-state index < -0.39 is 12.1 Å². The van der Waals surface area contributed by atoms with Crippen LogP contribution in [0.2, 0.25) is 0 Å². The van der Waals surface area contributed by atoms with E-state index in [1.165, 1.54) is 5.56 Å². The lowest BCUT2D eigenvalue weighted by Crippen LogP contribution is -2.33. The van der Waals surface area contributed by atoms with Crippen LogP contribution in [0.4, 0.5) is 0 Å². The molecular formula is C26H35NO4. The van der Waals surface area contributed by atoms with Crippen molar-refractivity contribution in [3.63, 3.8) is 0 Å². The molecule has 1 aliphatic rings. The van der Waals surface area contributed by atoms with Gasteiger partial charge in [-0.3, -0.25) is 9.59 Å². The summed E-state index contributed by atoms with van der Waals surface area (Å²) in [6.45, 7) is 2.68. The minimum atomic E-state index is -0.755. The second-order valence-electron chi connectivity index (χ2n) is 8.32. The zero-order chi connectivity index (χ0) is 22.5. The van der Waals surface area contributed by atoms with Crippen molar-refractivity contribution in [3.05, 3.63) is 48.0 Å². The molecule has 0 aromatic heterocycles. The van der Waals surface area contributed by atoms with Gasteiger partial charge in [-0.05, 0) is 30.7 Å². The molecule has 1 aromatic carbocycles. The number of nitrogens with zero attached hydrogens (tertiary/aromatic N) is 1. The van der Waals surface area contributed by atoms with Gasteiger partial charge in [0.1, 0.15) is 0 Å². The average Bonchev–Trinajstić information content (AvgIpc) is 3.11. The van der Waals surface area contributed by atoms with Gasteiger partial charge in [-0.25, -0.2) is 0 Å². The molecule has 2 rings (SSSR count). The molecule has 0 radical (unpaired) electrons. The Hall–Kier alpha value is -2.58. The number of likely N-dealkylation sites (tertiary alicyclic amines) is 1. The highest BCUT2D eigenvalue weighted by Crippen LogP contribution is 2.22. The lowest BCUT2D eigenvalue weighted by Gasteiger charge is -2.23. The fraction of sp³-hybridized carbons (Fsp3) is 0.538. The number of carbonyl (C=O) groups excluding carboxylic acids is 1. The normalized spacial score (nSPS) is 18.1. The number of carboxylic acid groups (broad SMARTS) is 1. The fourth-order valence-electron chi connectivity index (χ4n) is 3.70. The molecule has 0 saturated carbocycles. The first kappa shape index (κ1) is 24.7. The Morgan fingerprint density at radius 2 is 1.94 bits per heavy atom. The van der Waals surface area contributed by atoms with Crippen LogP contribution in [-0.4, -0.2) is 45.7 Å². The van der Waals surface area contributed by atoms with Crippen molar-refractivity contribution in [2.24, 2.45) is 5.92 Å². The number of rotatable bonds is 12. The van der Waals surface area contributed by atoms with Gasteiger partial charge in [-0.1, -0.05) is 68.2 Å². The number of amides is 1. The first-order valence-electron chi connectivity index (χ1n) is 11.3. The van der Waals surface area contributed by atoms with Crippen molar-refractivity contribution >= 4 is 11.9 Å². The molecular weight excluding hydrogens is 390 g/mol. The van der Waals surface area contributed by atoms with Gasteiger partial charge in [0.25, 0.3) is 0 Å². The van der Waals surface area contributed by atoms with Crippen molar-refractivity contribution in [2.45, 2.75) is 76.9 Å². The van der Waals surface area contributed by atoms with Gasteiger partial charge in [0.15, 0.2) is 0 Å². The van der Waals surface area contributed by atoms with E-state index in [2.05, 4.69) is 24.0 Å². The van der Waals surface area contributed by atoms with Gasteiger partial charge in [-0.2, -0.15) is 0 Å². The number of benzene rings is 1. The first-order valence-corrected chi connectivity index (χ1v) is 11.3.